The molecule has 0 spiro atoms. The quantitative estimate of drug-likeness (QED) is 0.101. The third kappa shape index (κ3) is 14.6. The molecule has 0 amide bonds. The predicted octanol–water partition coefficient (Wildman–Crippen LogP) is 27.1. The van der Waals surface area contributed by atoms with Crippen LogP contribution >= 0.6 is 0 Å². The molecule has 29 rings (SSSR count). The van der Waals surface area contributed by atoms with Gasteiger partial charge in [-0.25, -0.2) is 19.6 Å². The Morgan fingerprint density at radius 3 is 1.03 bits per heavy atom. The summed E-state index contributed by atoms with van der Waals surface area (Å²) in [5.74, 6) is 3.48. The molecule has 3 aliphatic rings. The van der Waals surface area contributed by atoms with Crippen molar-refractivity contribution in [2.24, 2.45) is 0 Å². The molecule has 0 fully saturated rings. The van der Waals surface area contributed by atoms with E-state index in [0.717, 1.165) is 212 Å². The van der Waals surface area contributed by atoms with Gasteiger partial charge in [-0.15, -0.1) is 122 Å². The van der Waals surface area contributed by atoms with E-state index < -0.39 is 0 Å². The number of rotatable bonds is 9. The second-order valence-electron chi connectivity index (χ2n) is 34.8. The molecule has 672 valence electrons. The van der Waals surface area contributed by atoms with E-state index >= 15 is 0 Å². The number of fused-ring (bicyclic) bond motifs is 23. The minimum absolute atomic E-state index is 0. The van der Waals surface area contributed by atoms with Gasteiger partial charge >= 0.3 is 63.2 Å². The van der Waals surface area contributed by atoms with E-state index in [1.165, 1.54) is 65.7 Å². The molecular formula is C120H77N17Pt3. The average Bonchev–Trinajstić information content (AvgIpc) is 1.68. The van der Waals surface area contributed by atoms with Crippen LogP contribution in [0.15, 0.2) is 395 Å². The molecule has 140 heavy (non-hydrogen) atoms. The first-order chi connectivity index (χ1) is 68.0. The van der Waals surface area contributed by atoms with Crippen LogP contribution in [0.5, 0.6) is 0 Å². The summed E-state index contributed by atoms with van der Waals surface area (Å²) in [5, 5.41) is 28.9. The van der Waals surface area contributed by atoms with E-state index in [0.29, 0.717) is 0 Å². The molecule has 0 bridgehead atoms. The van der Waals surface area contributed by atoms with E-state index in [-0.39, 0.29) is 63.2 Å². The van der Waals surface area contributed by atoms with Gasteiger partial charge in [-0.3, -0.25) is 4.98 Å². The van der Waals surface area contributed by atoms with Gasteiger partial charge in [0, 0.05) is 74.7 Å². The van der Waals surface area contributed by atoms with Gasteiger partial charge in [0.25, 0.3) is 0 Å². The van der Waals surface area contributed by atoms with Crippen LogP contribution in [-0.2, 0) is 102 Å². The number of aryl methyl sites for hydroxylation is 6. The van der Waals surface area contributed by atoms with Gasteiger partial charge in [-0.1, -0.05) is 264 Å². The molecule has 0 aliphatic carbocycles. The molecule has 0 saturated heterocycles. The number of benzene rings is 16. The number of pyridine rings is 4. The Bertz CT molecular complexity index is 9290. The van der Waals surface area contributed by atoms with Crippen LogP contribution < -0.4 is 14.7 Å². The molecule has 3 aliphatic heterocycles. The van der Waals surface area contributed by atoms with Crippen LogP contribution in [-0.4, -0.2) is 68.0 Å². The fourth-order valence-electron chi connectivity index (χ4n) is 20.9. The molecule has 20 heteroatoms. The summed E-state index contributed by atoms with van der Waals surface area (Å²) in [4.78, 5) is 27.9. The molecule has 0 unspecified atom stereocenters. The van der Waals surface area contributed by atoms with Gasteiger partial charge in [0.05, 0.1) is 16.9 Å². The van der Waals surface area contributed by atoms with Crippen LogP contribution in [0.3, 0.4) is 0 Å². The Morgan fingerprint density at radius 2 is 0.579 bits per heavy atom. The molecule has 0 N–H and O–H groups in total. The zero-order chi connectivity index (χ0) is 90.1. The van der Waals surface area contributed by atoms with Gasteiger partial charge in [0.1, 0.15) is 34.0 Å². The van der Waals surface area contributed by atoms with Gasteiger partial charge in [0.2, 0.25) is 0 Å². The maximum absolute atomic E-state index is 5.09. The van der Waals surface area contributed by atoms with E-state index in [9.17, 15) is 0 Å². The summed E-state index contributed by atoms with van der Waals surface area (Å²) in [6.45, 7) is 0. The number of hydrogen-bond donors (Lipinski definition) is 0. The Hall–Kier alpha value is -16.2. The van der Waals surface area contributed by atoms with E-state index in [4.69, 9.17) is 30.1 Å². The van der Waals surface area contributed by atoms with Crippen LogP contribution in [0.1, 0.15) is 33.4 Å². The molecule has 13 heterocycles. The van der Waals surface area contributed by atoms with Crippen molar-refractivity contribution in [2.45, 2.75) is 38.5 Å². The van der Waals surface area contributed by atoms with Crippen molar-refractivity contribution in [3.8, 4) is 40.2 Å². The Morgan fingerprint density at radius 1 is 0.236 bits per heavy atom. The maximum Gasteiger partial charge on any atom is 2.00 e. The molecule has 0 radical (unpaired) electrons. The first kappa shape index (κ1) is 86.7. The van der Waals surface area contributed by atoms with Gasteiger partial charge < -0.3 is 32.8 Å². The van der Waals surface area contributed by atoms with Crippen molar-refractivity contribution in [1.29, 1.82) is 0 Å². The summed E-state index contributed by atoms with van der Waals surface area (Å²) >= 11 is 0. The van der Waals surface area contributed by atoms with Crippen molar-refractivity contribution in [3.63, 3.8) is 0 Å². The molecule has 16 aromatic carbocycles. The number of para-hydroxylation sites is 8. The Labute approximate surface area is 848 Å². The Balaban J connectivity index is 0.000000113. The predicted molar refractivity (Wildman–Crippen MR) is 549 cm³/mol. The number of imidazole rings is 1. The first-order valence-corrected chi connectivity index (χ1v) is 46.3. The van der Waals surface area contributed by atoms with Crippen LogP contribution in [0.2, 0.25) is 0 Å². The van der Waals surface area contributed by atoms with E-state index in [1.807, 2.05) is 127 Å². The smallest absolute Gasteiger partial charge is 0.358 e. The first-order valence-electron chi connectivity index (χ1n) is 46.3. The second-order valence-corrected chi connectivity index (χ2v) is 34.8. The summed E-state index contributed by atoms with van der Waals surface area (Å²) < 4.78 is 10.8. The van der Waals surface area contributed by atoms with Crippen LogP contribution in [0.4, 0.5) is 51.2 Å². The zero-order valence-corrected chi connectivity index (χ0v) is 81.6. The molecule has 0 saturated carbocycles. The maximum atomic E-state index is 5.09. The number of anilines is 9. The minimum atomic E-state index is 0. The number of nitrogens with zero attached hydrogens (tertiary/aromatic N) is 17. The van der Waals surface area contributed by atoms with Crippen LogP contribution in [0.25, 0.3) is 155 Å². The van der Waals surface area contributed by atoms with Crippen molar-refractivity contribution >= 4 is 166 Å². The Kier molecular flexibility index (Phi) is 22.3. The molecule has 17 nitrogen and oxygen atoms in total. The fraction of sp³-hybridized carbons (Fsp3) is 0.0500. The second kappa shape index (κ2) is 36.1. The summed E-state index contributed by atoms with van der Waals surface area (Å²) in [6, 6.07) is 152. The third-order valence-electron chi connectivity index (χ3n) is 27.1. The van der Waals surface area contributed by atoms with Crippen molar-refractivity contribution < 1.29 is 63.2 Å². The largest absolute Gasteiger partial charge is 2.00 e. The number of aromatic nitrogens is 14. The van der Waals surface area contributed by atoms with Crippen molar-refractivity contribution in [2.75, 3.05) is 14.7 Å². The van der Waals surface area contributed by atoms with E-state index in [1.54, 1.807) is 4.80 Å². The van der Waals surface area contributed by atoms with Crippen LogP contribution in [0, 0.1) is 36.4 Å². The van der Waals surface area contributed by atoms with Gasteiger partial charge in [0.15, 0.2) is 0 Å². The minimum Gasteiger partial charge on any atom is -0.358 e. The standard InChI is InChI=1S/C46H29N5.2C37H24N6.3Pt/c1-6-16-39-30(11-1)20-21-31-22-23-32(46-48-29-44-36-14-3-2-12-34(36)35-13-4-8-18-41(35)51(44)46)27-42(31)49(39)33-24-25-38-37-15-5-7-17-40(37)50(43(38)28-33)45-19-9-10-26-47-45;1-5-13-33-25(9-1)16-17-26-18-19-28(43-39-31-11-3-4-12-32(31)40-43)24-35(26)41(33)27-20-21-30-29-10-2-6-14-34(29)42(36(30)23-27)37-15-7-8-22-38-37;1-4-12-32-25(9-1)16-17-26-18-19-28(43-34-14-6-3-11-31(34)39-40-43)24-35(26)41(32)27-20-21-30-29-10-2-5-13-33(29)42(36(30)23-27)37-15-7-8-22-38-37;;;/h1-19,22-26,29H,20-21H2;2*1-15,18-22H,16-17H2;;;/q3*-2;3*+2. The zero-order valence-electron chi connectivity index (χ0n) is 74.8. The normalized spacial score (nSPS) is 12.6. The van der Waals surface area contributed by atoms with Gasteiger partial charge in [-0.05, 0) is 178 Å². The monoisotopic (exact) mass is 2340 g/mol. The fourth-order valence-corrected chi connectivity index (χ4v) is 20.9. The van der Waals surface area contributed by atoms with E-state index in [2.05, 4.69) is 352 Å². The molecule has 0 atom stereocenters. The molecular weight excluding hydrogens is 2260 g/mol. The SMILES string of the molecule is [Pt+2].[Pt+2].[Pt+2].[c-]1c(-c2ncc3c4ccccc4c4ccccc4n23)ccc2c1N(c1[c-]c3c(cc1)c1ccccc1n3-c1ccccn1)c1ccccc1CC2.[c-]1c(-n2nc3ccccc3n2)ccc2c1N(c1[c-]c3c(cc1)c1ccccc1n3-c1ccccn1)c1ccccc1CC2.[c-]1c(-n2nnc3ccccc32)ccc2c1N(c1[c-]c3c(cc1)c1ccccc1n3-c1ccccn1)c1ccccc1CC2. The summed E-state index contributed by atoms with van der Waals surface area (Å²) in [7, 11) is 0. The average molecular weight is 2340 g/mol. The summed E-state index contributed by atoms with van der Waals surface area (Å²) in [5.41, 5.74) is 31.4. The molecule has 10 aromatic heterocycles. The van der Waals surface area contributed by atoms with Crippen molar-refractivity contribution in [1.82, 2.24) is 68.0 Å². The number of hydrogen-bond acceptors (Lipinski definition) is 11. The van der Waals surface area contributed by atoms with Gasteiger partial charge in [-0.2, -0.15) is 45.3 Å². The molecule has 26 aromatic rings. The summed E-state index contributed by atoms with van der Waals surface area (Å²) in [6.07, 6.45) is 13.1. The topological polar surface area (TPSA) is 142 Å². The third-order valence-corrected chi connectivity index (χ3v) is 27.1. The van der Waals surface area contributed by atoms with Crippen molar-refractivity contribution in [3.05, 3.63) is 465 Å².